The van der Waals surface area contributed by atoms with Gasteiger partial charge in [0.1, 0.15) is 22.6 Å². The first-order valence-electron chi connectivity index (χ1n) is 8.61. The second-order valence-corrected chi connectivity index (χ2v) is 7.39. The van der Waals surface area contributed by atoms with Crippen LogP contribution in [0.5, 0.6) is 5.75 Å². The van der Waals surface area contributed by atoms with Crippen molar-refractivity contribution in [2.45, 2.75) is 23.4 Å². The third-order valence-corrected chi connectivity index (χ3v) is 5.64. The van der Waals surface area contributed by atoms with E-state index < -0.39 is 11.3 Å². The molecule has 0 saturated carbocycles. The van der Waals surface area contributed by atoms with Gasteiger partial charge in [-0.15, -0.1) is 10.2 Å². The van der Waals surface area contributed by atoms with Gasteiger partial charge in [-0.3, -0.25) is 4.79 Å². The van der Waals surface area contributed by atoms with Gasteiger partial charge in [0.05, 0.1) is 13.2 Å². The summed E-state index contributed by atoms with van der Waals surface area (Å²) in [5.41, 5.74) is 4.70. The Balaban J connectivity index is 1.65. The maximum Gasteiger partial charge on any atom is 0.240 e. The van der Waals surface area contributed by atoms with E-state index in [1.165, 1.54) is 23.9 Å². The average molecular weight is 399 g/mol. The van der Waals surface area contributed by atoms with Crippen LogP contribution in [-0.2, 0) is 4.79 Å². The number of aryl methyl sites for hydroxylation is 1. The fourth-order valence-electron chi connectivity index (χ4n) is 2.99. The van der Waals surface area contributed by atoms with Crippen molar-refractivity contribution in [2.24, 2.45) is 0 Å². The van der Waals surface area contributed by atoms with E-state index in [-0.39, 0.29) is 11.7 Å². The molecule has 0 spiro atoms. The van der Waals surface area contributed by atoms with Gasteiger partial charge in [0.15, 0.2) is 0 Å². The molecule has 2 aromatic carbocycles. The molecule has 1 aliphatic rings. The number of aromatic nitrogens is 3. The Labute approximate surface area is 165 Å². The van der Waals surface area contributed by atoms with Gasteiger partial charge in [0, 0.05) is 11.8 Å². The smallest absolute Gasteiger partial charge is 0.240 e. The van der Waals surface area contributed by atoms with Crippen LogP contribution in [0.1, 0.15) is 17.4 Å². The molecule has 0 radical (unpaired) electrons. The first kappa shape index (κ1) is 18.3. The number of hydrogen-bond donors (Lipinski definition) is 2. The number of halogens is 1. The molecule has 0 aliphatic carbocycles. The Kier molecular flexibility index (Phi) is 4.91. The number of thioether (sulfide) groups is 1. The zero-order valence-corrected chi connectivity index (χ0v) is 16.0. The van der Waals surface area contributed by atoms with Crippen LogP contribution in [0.4, 0.5) is 10.1 Å². The molecule has 1 aromatic heterocycles. The highest BCUT2D eigenvalue weighted by molar-refractivity contribution is 8.00. The minimum atomic E-state index is -0.534. The predicted octanol–water partition coefficient (Wildman–Crippen LogP) is 3.13. The van der Waals surface area contributed by atoms with E-state index in [0.717, 1.165) is 5.56 Å². The van der Waals surface area contributed by atoms with E-state index in [4.69, 9.17) is 4.74 Å². The summed E-state index contributed by atoms with van der Waals surface area (Å²) in [6.07, 6.45) is 0. The van der Waals surface area contributed by atoms with Gasteiger partial charge in [-0.25, -0.2) is 9.07 Å². The average Bonchev–Trinajstić information content (AvgIpc) is 3.08. The normalized spacial score (nSPS) is 18.1. The molecule has 144 valence electrons. The topological polar surface area (TPSA) is 81.1 Å². The first-order chi connectivity index (χ1) is 13.5. The lowest BCUT2D eigenvalue weighted by Gasteiger charge is -2.32. The maximum atomic E-state index is 13.4. The molecule has 2 N–H and O–H groups in total. The van der Waals surface area contributed by atoms with E-state index in [0.29, 0.717) is 22.4 Å². The number of methoxy groups -OCH3 is 1. The number of carbonyl (C=O) groups is 1. The summed E-state index contributed by atoms with van der Waals surface area (Å²) in [6.45, 7) is 1.82. The standard InChI is InChI=1S/C19H18FN5O2S/c1-11-22-23-19-25(11)24-16(12-6-8-13(20)9-7-12)17(28-19)18(26)21-14-4-3-5-15(10-14)27-2/h3-10,16-17,24H,1-2H3,(H,21,26)/t16-,17-/m1/s1. The molecular weight excluding hydrogens is 381 g/mol. The molecule has 28 heavy (non-hydrogen) atoms. The fourth-order valence-corrected chi connectivity index (χ4v) is 4.12. The van der Waals surface area contributed by atoms with Gasteiger partial charge >= 0.3 is 0 Å². The Hall–Kier alpha value is -3.07. The minimum Gasteiger partial charge on any atom is -0.497 e. The molecule has 3 aromatic rings. The van der Waals surface area contributed by atoms with Crippen molar-refractivity contribution in [1.82, 2.24) is 14.9 Å². The van der Waals surface area contributed by atoms with Crippen molar-refractivity contribution >= 4 is 23.4 Å². The van der Waals surface area contributed by atoms with Gasteiger partial charge in [-0.2, -0.15) is 0 Å². The lowest BCUT2D eigenvalue weighted by Crippen LogP contribution is -2.41. The Bertz CT molecular complexity index is 1010. The monoisotopic (exact) mass is 399 g/mol. The van der Waals surface area contributed by atoms with Crippen molar-refractivity contribution in [3.8, 4) is 5.75 Å². The number of ether oxygens (including phenoxy) is 1. The Morgan fingerprint density at radius 2 is 2.04 bits per heavy atom. The highest BCUT2D eigenvalue weighted by Gasteiger charge is 2.37. The number of nitrogens with one attached hydrogen (secondary N) is 2. The Morgan fingerprint density at radius 1 is 1.25 bits per heavy atom. The lowest BCUT2D eigenvalue weighted by molar-refractivity contribution is -0.116. The molecule has 0 unspecified atom stereocenters. The van der Waals surface area contributed by atoms with Crippen LogP contribution in [0.3, 0.4) is 0 Å². The highest BCUT2D eigenvalue weighted by Crippen LogP contribution is 2.37. The second-order valence-electron chi connectivity index (χ2n) is 6.28. The summed E-state index contributed by atoms with van der Waals surface area (Å²) >= 11 is 1.31. The van der Waals surface area contributed by atoms with Crippen molar-refractivity contribution in [2.75, 3.05) is 17.9 Å². The quantitative estimate of drug-likeness (QED) is 0.702. The summed E-state index contributed by atoms with van der Waals surface area (Å²) in [6, 6.07) is 12.9. The van der Waals surface area contributed by atoms with Gasteiger partial charge in [-0.05, 0) is 36.8 Å². The summed E-state index contributed by atoms with van der Waals surface area (Å²) < 4.78 is 20.3. The largest absolute Gasteiger partial charge is 0.497 e. The molecular formula is C19H18FN5O2S. The van der Waals surface area contributed by atoms with Crippen LogP contribution >= 0.6 is 11.8 Å². The molecule has 7 nitrogen and oxygen atoms in total. The van der Waals surface area contributed by atoms with E-state index in [9.17, 15) is 9.18 Å². The highest BCUT2D eigenvalue weighted by atomic mass is 32.2. The van der Waals surface area contributed by atoms with E-state index >= 15 is 0 Å². The first-order valence-corrected chi connectivity index (χ1v) is 9.49. The summed E-state index contributed by atoms with van der Waals surface area (Å²) in [4.78, 5) is 13.1. The minimum absolute atomic E-state index is 0.202. The summed E-state index contributed by atoms with van der Waals surface area (Å²) in [7, 11) is 1.57. The molecule has 2 atom stereocenters. The molecule has 2 heterocycles. The van der Waals surface area contributed by atoms with Gasteiger partial charge in [-0.1, -0.05) is 30.0 Å². The number of amides is 1. The van der Waals surface area contributed by atoms with E-state index in [1.807, 2.05) is 6.92 Å². The third kappa shape index (κ3) is 3.53. The van der Waals surface area contributed by atoms with Gasteiger partial charge in [0.2, 0.25) is 11.1 Å². The van der Waals surface area contributed by atoms with Gasteiger partial charge in [0.25, 0.3) is 0 Å². The van der Waals surface area contributed by atoms with Crippen molar-refractivity contribution in [3.63, 3.8) is 0 Å². The zero-order chi connectivity index (χ0) is 19.7. The SMILES string of the molecule is COc1cccc(NC(=O)[C@@H]2Sc3nnc(C)n3N[C@@H]2c2ccc(F)cc2)c1. The molecule has 4 rings (SSSR count). The molecule has 9 heteroatoms. The predicted molar refractivity (Wildman–Crippen MR) is 105 cm³/mol. The molecule has 1 amide bonds. The van der Waals surface area contributed by atoms with Crippen LogP contribution in [0.15, 0.2) is 53.7 Å². The number of rotatable bonds is 4. The number of carbonyl (C=O) groups excluding carboxylic acids is 1. The van der Waals surface area contributed by atoms with Crippen LogP contribution in [0, 0.1) is 12.7 Å². The summed E-state index contributed by atoms with van der Waals surface area (Å²) in [5.74, 6) is 0.802. The zero-order valence-electron chi connectivity index (χ0n) is 15.2. The van der Waals surface area contributed by atoms with Crippen LogP contribution in [0.25, 0.3) is 0 Å². The number of benzene rings is 2. The number of fused-ring (bicyclic) bond motifs is 1. The third-order valence-electron chi connectivity index (χ3n) is 4.42. The van der Waals surface area contributed by atoms with E-state index in [2.05, 4.69) is 20.9 Å². The van der Waals surface area contributed by atoms with Crippen LogP contribution in [0.2, 0.25) is 0 Å². The number of nitrogens with zero attached hydrogens (tertiary/aromatic N) is 3. The molecule has 0 saturated heterocycles. The number of anilines is 1. The molecule has 0 bridgehead atoms. The maximum absolute atomic E-state index is 13.4. The van der Waals surface area contributed by atoms with Crippen LogP contribution < -0.4 is 15.5 Å². The van der Waals surface area contributed by atoms with Crippen molar-refractivity contribution in [1.29, 1.82) is 0 Å². The second kappa shape index (κ2) is 7.51. The Morgan fingerprint density at radius 3 is 2.79 bits per heavy atom. The summed E-state index contributed by atoms with van der Waals surface area (Å²) in [5, 5.41) is 11.2. The van der Waals surface area contributed by atoms with Crippen LogP contribution in [-0.4, -0.2) is 33.1 Å². The van der Waals surface area contributed by atoms with Gasteiger partial charge < -0.3 is 15.5 Å². The molecule has 0 fully saturated rings. The number of hydrogen-bond acceptors (Lipinski definition) is 6. The lowest BCUT2D eigenvalue weighted by atomic mass is 10.0. The molecule has 1 aliphatic heterocycles. The van der Waals surface area contributed by atoms with E-state index in [1.54, 1.807) is 48.2 Å². The fraction of sp³-hybridized carbons (Fsp3) is 0.211. The van der Waals surface area contributed by atoms with Crippen molar-refractivity contribution < 1.29 is 13.9 Å². The van der Waals surface area contributed by atoms with Crippen molar-refractivity contribution in [3.05, 3.63) is 65.7 Å².